The number of rotatable bonds is 4. The molecule has 6 heteroatoms. The van der Waals surface area contributed by atoms with Crippen molar-refractivity contribution in [2.24, 2.45) is 0 Å². The van der Waals surface area contributed by atoms with Gasteiger partial charge in [0.25, 0.3) is 0 Å². The monoisotopic (exact) mass is 349 g/mol. The van der Waals surface area contributed by atoms with Crippen molar-refractivity contribution in [2.45, 2.75) is 6.61 Å². The molecular formula is C15H9BrFNO3. The summed E-state index contributed by atoms with van der Waals surface area (Å²) >= 11 is 3.19. The fourth-order valence-electron chi connectivity index (χ4n) is 1.70. The molecule has 0 amide bonds. The molecule has 0 aliphatic heterocycles. The third kappa shape index (κ3) is 3.58. The topological polar surface area (TPSA) is 70.3 Å². The first-order valence-electron chi connectivity index (χ1n) is 5.85. The molecule has 0 aliphatic carbocycles. The van der Waals surface area contributed by atoms with Crippen molar-refractivity contribution >= 4 is 21.9 Å². The third-order valence-electron chi connectivity index (χ3n) is 2.72. The van der Waals surface area contributed by atoms with Crippen LogP contribution in [0.1, 0.15) is 21.5 Å². The van der Waals surface area contributed by atoms with Gasteiger partial charge in [0, 0.05) is 4.47 Å². The number of halogens is 2. The number of hydrogen-bond donors (Lipinski definition) is 1. The zero-order chi connectivity index (χ0) is 15.4. The van der Waals surface area contributed by atoms with Gasteiger partial charge < -0.3 is 9.84 Å². The second-order valence-electron chi connectivity index (χ2n) is 4.16. The van der Waals surface area contributed by atoms with Crippen molar-refractivity contribution in [3.8, 4) is 11.8 Å². The Morgan fingerprint density at radius 3 is 2.76 bits per heavy atom. The normalized spacial score (nSPS) is 9.95. The fraction of sp³-hybridized carbons (Fsp3) is 0.0667. The molecule has 0 aromatic heterocycles. The summed E-state index contributed by atoms with van der Waals surface area (Å²) in [7, 11) is 0. The summed E-state index contributed by atoms with van der Waals surface area (Å²) in [5.41, 5.74) is 0.518. The molecule has 0 atom stereocenters. The highest BCUT2D eigenvalue weighted by Crippen LogP contribution is 2.24. The van der Waals surface area contributed by atoms with Crippen molar-refractivity contribution in [1.82, 2.24) is 0 Å². The minimum atomic E-state index is -1.11. The molecule has 0 radical (unpaired) electrons. The van der Waals surface area contributed by atoms with Gasteiger partial charge in [-0.3, -0.25) is 0 Å². The van der Waals surface area contributed by atoms with Crippen molar-refractivity contribution < 1.29 is 19.0 Å². The van der Waals surface area contributed by atoms with Crippen LogP contribution in [0.4, 0.5) is 4.39 Å². The Labute approximate surface area is 128 Å². The number of ether oxygens (including phenoxy) is 1. The number of nitriles is 1. The van der Waals surface area contributed by atoms with Crippen LogP contribution in [0.2, 0.25) is 0 Å². The maximum absolute atomic E-state index is 13.2. The highest BCUT2D eigenvalue weighted by Gasteiger charge is 2.12. The van der Waals surface area contributed by atoms with E-state index in [-0.39, 0.29) is 23.5 Å². The molecule has 2 rings (SSSR count). The summed E-state index contributed by atoms with van der Waals surface area (Å²) in [5.74, 6) is -1.51. The van der Waals surface area contributed by atoms with Gasteiger partial charge in [-0.05, 0) is 35.9 Å². The van der Waals surface area contributed by atoms with Crippen molar-refractivity contribution in [3.05, 3.63) is 63.4 Å². The van der Waals surface area contributed by atoms with Gasteiger partial charge in [-0.2, -0.15) is 5.26 Å². The maximum Gasteiger partial charge on any atom is 0.339 e. The number of carbonyl (C=O) groups is 1. The molecule has 0 heterocycles. The largest absolute Gasteiger partial charge is 0.488 e. The summed E-state index contributed by atoms with van der Waals surface area (Å²) in [6.45, 7) is 0.0386. The third-order valence-corrected chi connectivity index (χ3v) is 3.21. The van der Waals surface area contributed by atoms with Crippen molar-refractivity contribution in [2.75, 3.05) is 0 Å². The Kier molecular flexibility index (Phi) is 4.55. The summed E-state index contributed by atoms with van der Waals surface area (Å²) in [6.07, 6.45) is 0. The Balaban J connectivity index is 2.21. The van der Waals surface area contributed by atoms with E-state index in [1.165, 1.54) is 30.3 Å². The van der Waals surface area contributed by atoms with E-state index < -0.39 is 11.8 Å². The average molecular weight is 350 g/mol. The van der Waals surface area contributed by atoms with Crippen molar-refractivity contribution in [3.63, 3.8) is 0 Å². The van der Waals surface area contributed by atoms with Gasteiger partial charge in [0.2, 0.25) is 0 Å². The number of carboxylic acids is 1. The fourth-order valence-corrected chi connectivity index (χ4v) is 2.07. The molecule has 0 aliphatic rings. The summed E-state index contributed by atoms with van der Waals surface area (Å²) in [5, 5.41) is 17.9. The minimum absolute atomic E-state index is 0.0204. The summed E-state index contributed by atoms with van der Waals surface area (Å²) < 4.78 is 19.3. The summed E-state index contributed by atoms with van der Waals surface area (Å²) in [6, 6.07) is 10.4. The number of carboxylic acid groups (broad SMARTS) is 1. The van der Waals surface area contributed by atoms with Crippen LogP contribution in [0.25, 0.3) is 0 Å². The SMILES string of the molecule is N#Cc1cc(COc2ccc(Br)cc2C(=O)O)ccc1F. The molecule has 4 nitrogen and oxygen atoms in total. The van der Waals surface area contributed by atoms with Crippen LogP contribution in [-0.2, 0) is 6.61 Å². The van der Waals surface area contributed by atoms with Gasteiger partial charge >= 0.3 is 5.97 Å². The molecule has 21 heavy (non-hydrogen) atoms. The van der Waals surface area contributed by atoms with Gasteiger partial charge in [-0.25, -0.2) is 9.18 Å². The standard InChI is InChI=1S/C15H9BrFNO3/c16-11-2-4-14(12(6-11)15(19)20)21-8-9-1-3-13(17)10(5-9)7-18/h1-6H,8H2,(H,19,20). The Bertz CT molecular complexity index is 740. The Hall–Kier alpha value is -2.39. The van der Waals surface area contributed by atoms with E-state index in [4.69, 9.17) is 15.1 Å². The number of hydrogen-bond acceptors (Lipinski definition) is 3. The van der Waals surface area contributed by atoms with Gasteiger partial charge in [0.1, 0.15) is 29.8 Å². The van der Waals surface area contributed by atoms with Crippen LogP contribution in [0, 0.1) is 17.1 Å². The van der Waals surface area contributed by atoms with Crippen molar-refractivity contribution in [1.29, 1.82) is 5.26 Å². The number of nitrogens with zero attached hydrogens (tertiary/aromatic N) is 1. The maximum atomic E-state index is 13.2. The Morgan fingerprint density at radius 1 is 1.33 bits per heavy atom. The van der Waals surface area contributed by atoms with Crippen LogP contribution < -0.4 is 4.74 Å². The van der Waals surface area contributed by atoms with E-state index in [0.717, 1.165) is 0 Å². The minimum Gasteiger partial charge on any atom is -0.488 e. The lowest BCUT2D eigenvalue weighted by atomic mass is 10.1. The van der Waals surface area contributed by atoms with E-state index in [9.17, 15) is 9.18 Å². The zero-order valence-electron chi connectivity index (χ0n) is 10.6. The van der Waals surface area contributed by atoms with E-state index in [1.807, 2.05) is 0 Å². The van der Waals surface area contributed by atoms with E-state index in [1.54, 1.807) is 12.1 Å². The quantitative estimate of drug-likeness (QED) is 0.912. The molecular weight excluding hydrogens is 341 g/mol. The smallest absolute Gasteiger partial charge is 0.339 e. The molecule has 0 saturated heterocycles. The Morgan fingerprint density at radius 2 is 2.10 bits per heavy atom. The van der Waals surface area contributed by atoms with Gasteiger partial charge in [-0.15, -0.1) is 0 Å². The second-order valence-corrected chi connectivity index (χ2v) is 5.08. The predicted octanol–water partition coefficient (Wildman–Crippen LogP) is 3.74. The van der Waals surface area contributed by atoms with Crippen LogP contribution in [0.5, 0.6) is 5.75 Å². The summed E-state index contributed by atoms with van der Waals surface area (Å²) in [4.78, 5) is 11.1. The lowest BCUT2D eigenvalue weighted by Crippen LogP contribution is -2.04. The van der Waals surface area contributed by atoms with E-state index in [0.29, 0.717) is 10.0 Å². The van der Waals surface area contributed by atoms with Crippen LogP contribution in [0.15, 0.2) is 40.9 Å². The highest BCUT2D eigenvalue weighted by atomic mass is 79.9. The number of aromatic carboxylic acids is 1. The highest BCUT2D eigenvalue weighted by molar-refractivity contribution is 9.10. The van der Waals surface area contributed by atoms with Gasteiger partial charge in [0.15, 0.2) is 0 Å². The predicted molar refractivity (Wildman–Crippen MR) is 76.5 cm³/mol. The lowest BCUT2D eigenvalue weighted by molar-refractivity contribution is 0.0691. The van der Waals surface area contributed by atoms with E-state index >= 15 is 0 Å². The first kappa shape index (κ1) is 15.0. The molecule has 106 valence electrons. The van der Waals surface area contributed by atoms with Crippen LogP contribution >= 0.6 is 15.9 Å². The molecule has 0 unspecified atom stereocenters. The lowest BCUT2D eigenvalue weighted by Gasteiger charge is -2.10. The molecule has 0 fully saturated rings. The molecule has 1 N–H and O–H groups in total. The number of benzene rings is 2. The first-order chi connectivity index (χ1) is 10.0. The average Bonchev–Trinajstić information content (AvgIpc) is 2.47. The molecule has 0 saturated carbocycles. The van der Waals surface area contributed by atoms with Gasteiger partial charge in [-0.1, -0.05) is 22.0 Å². The molecule has 2 aromatic rings. The second kappa shape index (κ2) is 6.37. The van der Waals surface area contributed by atoms with E-state index in [2.05, 4.69) is 15.9 Å². The van der Waals surface area contributed by atoms with Crippen LogP contribution in [0.3, 0.4) is 0 Å². The molecule has 0 spiro atoms. The van der Waals surface area contributed by atoms with Crippen LogP contribution in [-0.4, -0.2) is 11.1 Å². The van der Waals surface area contributed by atoms with Gasteiger partial charge in [0.05, 0.1) is 5.56 Å². The zero-order valence-corrected chi connectivity index (χ0v) is 12.2. The first-order valence-corrected chi connectivity index (χ1v) is 6.64. The molecule has 2 aromatic carbocycles. The molecule has 0 bridgehead atoms.